The summed E-state index contributed by atoms with van der Waals surface area (Å²) >= 11 is 0. The molecule has 2 N–H and O–H groups in total. The number of fused-ring (bicyclic) bond motifs is 1. The molecule has 0 bridgehead atoms. The predicted octanol–water partition coefficient (Wildman–Crippen LogP) is 3.52. The number of ether oxygens (including phenoxy) is 3. The van der Waals surface area contributed by atoms with Crippen LogP contribution in [0.1, 0.15) is 23.5 Å². The molecule has 0 radical (unpaired) electrons. The van der Waals surface area contributed by atoms with Crippen molar-refractivity contribution >= 4 is 5.96 Å². The van der Waals surface area contributed by atoms with Crippen molar-refractivity contribution in [3.05, 3.63) is 53.1 Å². The number of aliphatic imine (C=N–C) groups is 1. The lowest BCUT2D eigenvalue weighted by atomic mass is 10.1. The van der Waals surface area contributed by atoms with E-state index >= 15 is 0 Å². The van der Waals surface area contributed by atoms with Gasteiger partial charge in [0.05, 0.1) is 0 Å². The molecule has 2 aliphatic rings. The van der Waals surface area contributed by atoms with Gasteiger partial charge in [0, 0.05) is 42.7 Å². The van der Waals surface area contributed by atoms with Crippen LogP contribution in [0.3, 0.4) is 0 Å². The van der Waals surface area contributed by atoms with Crippen LogP contribution in [0, 0.1) is 11.6 Å². The maximum Gasteiger partial charge on any atom is 0.387 e. The normalized spacial score (nSPS) is 19.7. The van der Waals surface area contributed by atoms with E-state index in [4.69, 9.17) is 9.47 Å². The SMILES string of the molecule is CN=C(NCc1cc2c(cc1OC(F)F)OCO2)NC1CC1c1c(F)cccc1F. The molecule has 1 fully saturated rings. The molecule has 1 saturated carbocycles. The van der Waals surface area contributed by atoms with E-state index in [1.54, 1.807) is 6.07 Å². The van der Waals surface area contributed by atoms with Gasteiger partial charge in [0.25, 0.3) is 0 Å². The molecular formula is C20H19F4N3O3. The molecule has 2 aromatic carbocycles. The molecule has 30 heavy (non-hydrogen) atoms. The highest BCUT2D eigenvalue weighted by molar-refractivity contribution is 5.80. The molecule has 6 nitrogen and oxygen atoms in total. The Labute approximate surface area is 169 Å². The molecule has 0 saturated heterocycles. The van der Waals surface area contributed by atoms with Crippen molar-refractivity contribution in [1.82, 2.24) is 10.6 Å². The number of rotatable bonds is 6. The second-order valence-corrected chi connectivity index (χ2v) is 6.85. The van der Waals surface area contributed by atoms with Crippen LogP contribution in [0.5, 0.6) is 17.2 Å². The highest BCUT2D eigenvalue weighted by Crippen LogP contribution is 2.43. The molecule has 0 aromatic heterocycles. The Balaban J connectivity index is 1.41. The molecule has 1 aliphatic heterocycles. The Morgan fingerprint density at radius 3 is 2.57 bits per heavy atom. The number of nitrogens with one attached hydrogen (secondary N) is 2. The highest BCUT2D eigenvalue weighted by atomic mass is 19.3. The van der Waals surface area contributed by atoms with Crippen LogP contribution in [-0.4, -0.2) is 32.5 Å². The van der Waals surface area contributed by atoms with E-state index in [1.807, 2.05) is 0 Å². The zero-order valence-electron chi connectivity index (χ0n) is 15.9. The molecule has 2 aromatic rings. The van der Waals surface area contributed by atoms with Crippen molar-refractivity contribution in [2.45, 2.75) is 31.5 Å². The third-order valence-electron chi connectivity index (χ3n) is 4.92. The highest BCUT2D eigenvalue weighted by Gasteiger charge is 2.42. The summed E-state index contributed by atoms with van der Waals surface area (Å²) in [6, 6.07) is 6.48. The first-order chi connectivity index (χ1) is 14.5. The second-order valence-electron chi connectivity index (χ2n) is 6.85. The topological polar surface area (TPSA) is 64.1 Å². The van der Waals surface area contributed by atoms with Crippen molar-refractivity contribution in [2.75, 3.05) is 13.8 Å². The third kappa shape index (κ3) is 4.22. The summed E-state index contributed by atoms with van der Waals surface area (Å²) in [5.74, 6) is -0.413. The number of hydrogen-bond donors (Lipinski definition) is 2. The summed E-state index contributed by atoms with van der Waals surface area (Å²) in [6.45, 7) is -2.90. The largest absolute Gasteiger partial charge is 0.454 e. The number of nitrogens with zero attached hydrogens (tertiary/aromatic N) is 1. The maximum atomic E-state index is 14.0. The van der Waals surface area contributed by atoms with Crippen molar-refractivity contribution in [3.8, 4) is 17.2 Å². The average Bonchev–Trinajstić information content (AvgIpc) is 3.28. The predicted molar refractivity (Wildman–Crippen MR) is 100 cm³/mol. The standard InChI is InChI=1S/C20H19F4N3O3/c1-25-20(27-14-6-11(14)18-12(21)3-2-4-13(18)22)26-8-10-5-16-17(29-9-28-16)7-15(10)30-19(23)24/h2-5,7,11,14,19H,6,8-9H2,1H3,(H2,25,26,27). The van der Waals surface area contributed by atoms with Crippen molar-refractivity contribution in [1.29, 1.82) is 0 Å². The Hall–Kier alpha value is -3.17. The van der Waals surface area contributed by atoms with Gasteiger partial charge in [-0.1, -0.05) is 6.07 Å². The van der Waals surface area contributed by atoms with Crippen LogP contribution in [-0.2, 0) is 6.54 Å². The number of guanidine groups is 1. The number of halogens is 4. The average molecular weight is 425 g/mol. The van der Waals surface area contributed by atoms with Gasteiger partial charge in [-0.2, -0.15) is 8.78 Å². The third-order valence-corrected chi connectivity index (χ3v) is 4.92. The molecule has 160 valence electrons. The Kier molecular flexibility index (Phi) is 5.56. The fourth-order valence-corrected chi connectivity index (χ4v) is 3.40. The molecule has 2 unspecified atom stereocenters. The molecule has 0 spiro atoms. The molecule has 2 atom stereocenters. The van der Waals surface area contributed by atoms with Crippen LogP contribution >= 0.6 is 0 Å². The van der Waals surface area contributed by atoms with Crippen LogP contribution in [0.15, 0.2) is 35.3 Å². The van der Waals surface area contributed by atoms with Gasteiger partial charge in [-0.3, -0.25) is 4.99 Å². The quantitative estimate of drug-likeness (QED) is 0.421. The first-order valence-electron chi connectivity index (χ1n) is 9.24. The fourth-order valence-electron chi connectivity index (χ4n) is 3.40. The van der Waals surface area contributed by atoms with Gasteiger partial charge in [0.2, 0.25) is 6.79 Å². The molecule has 1 heterocycles. The maximum absolute atomic E-state index is 14.0. The van der Waals surface area contributed by atoms with Gasteiger partial charge in [-0.05, 0) is 24.6 Å². The van der Waals surface area contributed by atoms with E-state index < -0.39 is 18.2 Å². The van der Waals surface area contributed by atoms with Gasteiger partial charge in [-0.25, -0.2) is 8.78 Å². The van der Waals surface area contributed by atoms with E-state index in [-0.39, 0.29) is 36.6 Å². The smallest absolute Gasteiger partial charge is 0.387 e. The van der Waals surface area contributed by atoms with Crippen molar-refractivity contribution < 1.29 is 31.8 Å². The van der Waals surface area contributed by atoms with Crippen LogP contribution in [0.25, 0.3) is 0 Å². The summed E-state index contributed by atoms with van der Waals surface area (Å²) in [6.07, 6.45) is 0.544. The van der Waals surface area contributed by atoms with Gasteiger partial charge in [-0.15, -0.1) is 0 Å². The van der Waals surface area contributed by atoms with Crippen molar-refractivity contribution in [2.24, 2.45) is 4.99 Å². The van der Waals surface area contributed by atoms with E-state index in [9.17, 15) is 17.6 Å². The molecule has 0 amide bonds. The van der Waals surface area contributed by atoms with E-state index in [1.165, 1.54) is 31.3 Å². The first kappa shape index (κ1) is 20.1. The zero-order valence-corrected chi connectivity index (χ0v) is 15.9. The lowest BCUT2D eigenvalue weighted by molar-refractivity contribution is -0.0505. The Morgan fingerprint density at radius 2 is 1.90 bits per heavy atom. The van der Waals surface area contributed by atoms with Crippen LogP contribution in [0.4, 0.5) is 17.6 Å². The number of hydrogen-bond acceptors (Lipinski definition) is 4. The Bertz CT molecular complexity index is 950. The molecule has 10 heteroatoms. The monoisotopic (exact) mass is 425 g/mol. The summed E-state index contributed by atoms with van der Waals surface area (Å²) in [5, 5.41) is 6.08. The molecule has 1 aliphatic carbocycles. The van der Waals surface area contributed by atoms with Crippen LogP contribution < -0.4 is 24.8 Å². The summed E-state index contributed by atoms with van der Waals surface area (Å²) in [7, 11) is 1.53. The molecular weight excluding hydrogens is 406 g/mol. The van der Waals surface area contributed by atoms with E-state index in [0.717, 1.165) is 0 Å². The fraction of sp³-hybridized carbons (Fsp3) is 0.350. The Morgan fingerprint density at radius 1 is 1.20 bits per heavy atom. The summed E-state index contributed by atoms with van der Waals surface area (Å²) in [4.78, 5) is 4.08. The minimum Gasteiger partial charge on any atom is -0.454 e. The first-order valence-corrected chi connectivity index (χ1v) is 9.24. The second kappa shape index (κ2) is 8.29. The van der Waals surface area contributed by atoms with Gasteiger partial charge in [0.15, 0.2) is 17.5 Å². The van der Waals surface area contributed by atoms with Crippen molar-refractivity contribution in [3.63, 3.8) is 0 Å². The van der Waals surface area contributed by atoms with Gasteiger partial charge < -0.3 is 24.8 Å². The number of benzene rings is 2. The number of alkyl halides is 2. The van der Waals surface area contributed by atoms with Crippen LogP contribution in [0.2, 0.25) is 0 Å². The van der Waals surface area contributed by atoms with E-state index in [0.29, 0.717) is 29.4 Å². The van der Waals surface area contributed by atoms with Gasteiger partial charge in [0.1, 0.15) is 17.4 Å². The lowest BCUT2D eigenvalue weighted by Gasteiger charge is -2.15. The summed E-state index contributed by atoms with van der Waals surface area (Å²) in [5.41, 5.74) is 0.462. The molecule has 4 rings (SSSR count). The minimum atomic E-state index is -3.00. The van der Waals surface area contributed by atoms with Gasteiger partial charge >= 0.3 is 6.61 Å². The lowest BCUT2D eigenvalue weighted by Crippen LogP contribution is -2.38. The zero-order chi connectivity index (χ0) is 21.3. The van der Waals surface area contributed by atoms with E-state index in [2.05, 4.69) is 20.4 Å². The summed E-state index contributed by atoms with van der Waals surface area (Å²) < 4.78 is 68.5. The minimum absolute atomic E-state index is 0.000763.